The number of hydrogen-bond donors (Lipinski definition) is 0. The molecule has 1 rings (SSSR count). The molecule has 0 N–H and O–H groups in total. The van der Waals surface area contributed by atoms with Gasteiger partial charge in [0.2, 0.25) is 0 Å². The molecule has 17 heavy (non-hydrogen) atoms. The van der Waals surface area contributed by atoms with E-state index in [0.717, 1.165) is 6.42 Å². The van der Waals surface area contributed by atoms with Crippen molar-refractivity contribution in [3.8, 4) is 0 Å². The van der Waals surface area contributed by atoms with Gasteiger partial charge in [-0.15, -0.1) is 0 Å². The van der Waals surface area contributed by atoms with Crippen molar-refractivity contribution >= 4 is 0 Å². The summed E-state index contributed by atoms with van der Waals surface area (Å²) in [6.45, 7) is 6.78. The van der Waals surface area contributed by atoms with Crippen molar-refractivity contribution in [1.29, 1.82) is 0 Å². The molecule has 0 amide bonds. The maximum atomic E-state index is 4.61. The molecule has 0 saturated heterocycles. The molecular weight excluding hydrogens is 206 g/mol. The highest BCUT2D eigenvalue weighted by molar-refractivity contribution is 5.30. The van der Waals surface area contributed by atoms with Gasteiger partial charge in [-0.25, -0.2) is 0 Å². The quantitative estimate of drug-likeness (QED) is 0.633. The molecule has 0 saturated carbocycles. The maximum absolute atomic E-state index is 4.61. The minimum absolute atomic E-state index is 1.16. The zero-order valence-corrected chi connectivity index (χ0v) is 11.8. The second kappa shape index (κ2) is 8.27. The first kappa shape index (κ1) is 14.2. The van der Waals surface area contributed by atoms with E-state index < -0.39 is 0 Å². The summed E-state index contributed by atoms with van der Waals surface area (Å²) in [5.74, 6) is 0. The third-order valence-corrected chi connectivity index (χ3v) is 3.31. The molecule has 1 aromatic heterocycles. The highest BCUT2D eigenvalue weighted by atomic mass is 14.7. The Morgan fingerprint density at radius 2 is 1.59 bits per heavy atom. The van der Waals surface area contributed by atoms with Gasteiger partial charge >= 0.3 is 0 Å². The summed E-state index contributed by atoms with van der Waals surface area (Å²) in [7, 11) is 0. The van der Waals surface area contributed by atoms with Crippen molar-refractivity contribution < 1.29 is 0 Å². The molecule has 0 spiro atoms. The van der Waals surface area contributed by atoms with Crippen molar-refractivity contribution in [2.24, 2.45) is 0 Å². The Hall–Kier alpha value is -0.850. The zero-order chi connectivity index (χ0) is 12.5. The molecule has 0 radical (unpaired) electrons. The maximum Gasteiger partial charge on any atom is 0.0438 e. The largest absolute Gasteiger partial charge is 0.261 e. The van der Waals surface area contributed by atoms with Crippen molar-refractivity contribution in [3.05, 3.63) is 29.1 Å². The molecule has 0 aromatic carbocycles. The normalized spacial score (nSPS) is 10.8. The van der Waals surface area contributed by atoms with E-state index in [-0.39, 0.29) is 0 Å². The molecule has 1 heterocycles. The van der Waals surface area contributed by atoms with E-state index in [1.54, 1.807) is 11.1 Å². The molecule has 1 heteroatoms. The first-order valence-corrected chi connectivity index (χ1v) is 7.29. The summed E-state index contributed by atoms with van der Waals surface area (Å²) < 4.78 is 0. The van der Waals surface area contributed by atoms with Crippen molar-refractivity contribution in [3.63, 3.8) is 0 Å². The van der Waals surface area contributed by atoms with Crippen LogP contribution in [0.2, 0.25) is 0 Å². The number of aryl methyl sites for hydroxylation is 2. The summed E-state index contributed by atoms with van der Waals surface area (Å²) in [5.41, 5.74) is 4.47. The second-order valence-electron chi connectivity index (χ2n) is 4.85. The van der Waals surface area contributed by atoms with Gasteiger partial charge in [0.1, 0.15) is 0 Å². The monoisotopic (exact) mass is 233 g/mol. The number of nitrogens with zero attached hydrogens (tertiary/aromatic N) is 1. The SMILES string of the molecule is CCCCc1nccc(CCC)c1CCCC. The highest BCUT2D eigenvalue weighted by Gasteiger charge is 2.08. The highest BCUT2D eigenvalue weighted by Crippen LogP contribution is 2.19. The van der Waals surface area contributed by atoms with Gasteiger partial charge in [0.25, 0.3) is 0 Å². The predicted octanol–water partition coefficient (Wildman–Crippen LogP) is 4.72. The number of pyridine rings is 1. The molecule has 1 nitrogen and oxygen atoms in total. The molecule has 0 aliphatic carbocycles. The summed E-state index contributed by atoms with van der Waals surface area (Å²) in [6.07, 6.45) is 11.9. The summed E-state index contributed by atoms with van der Waals surface area (Å²) in [6, 6.07) is 2.23. The number of aromatic nitrogens is 1. The summed E-state index contributed by atoms with van der Waals surface area (Å²) in [4.78, 5) is 4.61. The molecular formula is C16H27N. The van der Waals surface area contributed by atoms with Crippen molar-refractivity contribution in [1.82, 2.24) is 4.98 Å². The Balaban J connectivity index is 2.87. The van der Waals surface area contributed by atoms with Crippen LogP contribution in [0.25, 0.3) is 0 Å². The minimum Gasteiger partial charge on any atom is -0.261 e. The van der Waals surface area contributed by atoms with Gasteiger partial charge in [0.15, 0.2) is 0 Å². The third kappa shape index (κ3) is 4.49. The predicted molar refractivity (Wildman–Crippen MR) is 75.5 cm³/mol. The van der Waals surface area contributed by atoms with E-state index in [0.29, 0.717) is 0 Å². The van der Waals surface area contributed by atoms with Crippen LogP contribution in [-0.4, -0.2) is 4.98 Å². The van der Waals surface area contributed by atoms with Gasteiger partial charge in [0, 0.05) is 11.9 Å². The fourth-order valence-corrected chi connectivity index (χ4v) is 2.30. The van der Waals surface area contributed by atoms with Crippen LogP contribution in [0.1, 0.15) is 69.7 Å². The van der Waals surface area contributed by atoms with E-state index in [1.807, 2.05) is 6.20 Å². The molecule has 1 aromatic rings. The lowest BCUT2D eigenvalue weighted by atomic mass is 9.95. The van der Waals surface area contributed by atoms with Crippen LogP contribution in [0.3, 0.4) is 0 Å². The first-order valence-electron chi connectivity index (χ1n) is 7.29. The van der Waals surface area contributed by atoms with Gasteiger partial charge in [-0.2, -0.15) is 0 Å². The fraction of sp³-hybridized carbons (Fsp3) is 0.688. The van der Waals surface area contributed by atoms with E-state index in [1.165, 1.54) is 50.6 Å². The Morgan fingerprint density at radius 3 is 2.24 bits per heavy atom. The van der Waals surface area contributed by atoms with Crippen LogP contribution in [0.4, 0.5) is 0 Å². The molecule has 0 bridgehead atoms. The Labute approximate surface area is 107 Å². The minimum atomic E-state index is 1.16. The van der Waals surface area contributed by atoms with Gasteiger partial charge in [0.05, 0.1) is 0 Å². The number of hydrogen-bond acceptors (Lipinski definition) is 1. The van der Waals surface area contributed by atoms with Gasteiger partial charge in [-0.3, -0.25) is 4.98 Å². The standard InChI is InChI=1S/C16H27N/c1-4-7-10-15-14(9-6-3)12-13-17-16(15)11-8-5-2/h12-13H,4-11H2,1-3H3. The lowest BCUT2D eigenvalue weighted by molar-refractivity contribution is 0.729. The van der Waals surface area contributed by atoms with Crippen LogP contribution in [0, 0.1) is 0 Å². The molecule has 0 unspecified atom stereocenters. The molecule has 0 aliphatic rings. The lowest BCUT2D eigenvalue weighted by Gasteiger charge is -2.13. The van der Waals surface area contributed by atoms with E-state index in [4.69, 9.17) is 0 Å². The number of rotatable bonds is 8. The Bertz CT molecular complexity index is 317. The summed E-state index contributed by atoms with van der Waals surface area (Å²) >= 11 is 0. The lowest BCUT2D eigenvalue weighted by Crippen LogP contribution is -2.03. The second-order valence-corrected chi connectivity index (χ2v) is 4.85. The fourth-order valence-electron chi connectivity index (χ4n) is 2.30. The van der Waals surface area contributed by atoms with Gasteiger partial charge in [-0.1, -0.05) is 40.0 Å². The summed E-state index contributed by atoms with van der Waals surface area (Å²) in [5, 5.41) is 0. The van der Waals surface area contributed by atoms with Crippen LogP contribution in [0.5, 0.6) is 0 Å². The third-order valence-electron chi connectivity index (χ3n) is 3.31. The van der Waals surface area contributed by atoms with Gasteiger partial charge < -0.3 is 0 Å². The Morgan fingerprint density at radius 1 is 0.882 bits per heavy atom. The van der Waals surface area contributed by atoms with E-state index in [2.05, 4.69) is 31.8 Å². The molecule has 0 fully saturated rings. The smallest absolute Gasteiger partial charge is 0.0438 e. The van der Waals surface area contributed by atoms with Crippen LogP contribution >= 0.6 is 0 Å². The average Bonchev–Trinajstić information content (AvgIpc) is 2.35. The zero-order valence-electron chi connectivity index (χ0n) is 11.8. The topological polar surface area (TPSA) is 12.9 Å². The van der Waals surface area contributed by atoms with Crippen molar-refractivity contribution in [2.45, 2.75) is 72.1 Å². The van der Waals surface area contributed by atoms with Crippen LogP contribution in [0.15, 0.2) is 12.3 Å². The van der Waals surface area contributed by atoms with Crippen LogP contribution < -0.4 is 0 Å². The van der Waals surface area contributed by atoms with E-state index >= 15 is 0 Å². The Kier molecular flexibility index (Phi) is 6.91. The van der Waals surface area contributed by atoms with Crippen LogP contribution in [-0.2, 0) is 19.3 Å². The average molecular weight is 233 g/mol. The molecule has 0 atom stereocenters. The van der Waals surface area contributed by atoms with E-state index in [9.17, 15) is 0 Å². The van der Waals surface area contributed by atoms with Crippen molar-refractivity contribution in [2.75, 3.05) is 0 Å². The molecule has 0 aliphatic heterocycles. The molecule has 96 valence electrons. The first-order chi connectivity index (χ1) is 8.33. The van der Waals surface area contributed by atoms with Gasteiger partial charge in [-0.05, 0) is 49.3 Å². The number of unbranched alkanes of at least 4 members (excludes halogenated alkanes) is 2.